The van der Waals surface area contributed by atoms with Crippen molar-refractivity contribution in [2.75, 3.05) is 5.73 Å². The second-order valence-corrected chi connectivity index (χ2v) is 4.12. The van der Waals surface area contributed by atoms with Gasteiger partial charge < -0.3 is 5.73 Å². The molecule has 2 nitrogen and oxygen atoms in total. The van der Waals surface area contributed by atoms with Gasteiger partial charge in [-0.2, -0.15) is 0 Å². The lowest BCUT2D eigenvalue weighted by Gasteiger charge is -2.02. The summed E-state index contributed by atoms with van der Waals surface area (Å²) in [4.78, 5) is 4.13. The summed E-state index contributed by atoms with van der Waals surface area (Å²) >= 11 is 2.19. The van der Waals surface area contributed by atoms with Gasteiger partial charge >= 0.3 is 0 Å². The van der Waals surface area contributed by atoms with Gasteiger partial charge in [-0.1, -0.05) is 30.3 Å². The summed E-state index contributed by atoms with van der Waals surface area (Å²) in [5.41, 5.74) is 7.91. The summed E-state index contributed by atoms with van der Waals surface area (Å²) in [5, 5.41) is 0. The zero-order valence-corrected chi connectivity index (χ0v) is 9.60. The van der Waals surface area contributed by atoms with Crippen LogP contribution in [0.5, 0.6) is 0 Å². The average molecular weight is 296 g/mol. The van der Waals surface area contributed by atoms with E-state index in [0.29, 0.717) is 5.82 Å². The first-order chi connectivity index (χ1) is 6.77. The molecule has 2 rings (SSSR count). The molecule has 2 aromatic rings. The summed E-state index contributed by atoms with van der Waals surface area (Å²) in [5.74, 6) is 0.588. The normalized spacial score (nSPS) is 10.1. The van der Waals surface area contributed by atoms with E-state index in [1.165, 1.54) is 0 Å². The maximum absolute atomic E-state index is 5.65. The number of hydrogen-bond donors (Lipinski definition) is 1. The molecule has 2 N–H and O–H groups in total. The van der Waals surface area contributed by atoms with E-state index in [2.05, 4.69) is 39.7 Å². The highest BCUT2D eigenvalue weighted by molar-refractivity contribution is 14.1. The molecule has 0 saturated carbocycles. The standard InChI is InChI=1S/C11H9IN2/c12-10-6-9(7-14-11(10)13)8-4-2-1-3-5-8/h1-7H,(H2,13,14). The number of pyridine rings is 1. The third-order valence-electron chi connectivity index (χ3n) is 1.98. The predicted octanol–water partition coefficient (Wildman–Crippen LogP) is 2.94. The van der Waals surface area contributed by atoms with Gasteiger partial charge in [-0.25, -0.2) is 4.98 Å². The number of benzene rings is 1. The first-order valence-corrected chi connectivity index (χ1v) is 5.31. The molecule has 0 spiro atoms. The van der Waals surface area contributed by atoms with Crippen molar-refractivity contribution in [3.05, 3.63) is 46.2 Å². The van der Waals surface area contributed by atoms with Crippen LogP contribution in [0.4, 0.5) is 5.82 Å². The quantitative estimate of drug-likeness (QED) is 0.822. The summed E-state index contributed by atoms with van der Waals surface area (Å²) in [6, 6.07) is 12.2. The number of nitrogens with two attached hydrogens (primary N) is 1. The number of nitrogen functional groups attached to an aromatic ring is 1. The third kappa shape index (κ3) is 1.87. The molecule has 0 radical (unpaired) electrons. The van der Waals surface area contributed by atoms with Crippen molar-refractivity contribution in [1.82, 2.24) is 4.98 Å². The molecule has 3 heteroatoms. The van der Waals surface area contributed by atoms with Gasteiger partial charge in [-0.05, 0) is 34.2 Å². The largest absolute Gasteiger partial charge is 0.383 e. The lowest BCUT2D eigenvalue weighted by atomic mass is 10.1. The summed E-state index contributed by atoms with van der Waals surface area (Å²) < 4.78 is 0.990. The molecule has 0 saturated heterocycles. The third-order valence-corrected chi connectivity index (χ3v) is 2.84. The molecule has 0 aliphatic carbocycles. The van der Waals surface area contributed by atoms with Gasteiger partial charge in [-0.3, -0.25) is 0 Å². The molecule has 0 bridgehead atoms. The van der Waals surface area contributed by atoms with Gasteiger partial charge in [0.25, 0.3) is 0 Å². The Kier molecular flexibility index (Phi) is 2.67. The molecular formula is C11H9IN2. The van der Waals surface area contributed by atoms with E-state index >= 15 is 0 Å². The fourth-order valence-electron chi connectivity index (χ4n) is 1.24. The predicted molar refractivity (Wildman–Crippen MR) is 66.8 cm³/mol. The molecule has 1 heterocycles. The van der Waals surface area contributed by atoms with Crippen molar-refractivity contribution in [2.24, 2.45) is 0 Å². The summed E-state index contributed by atoms with van der Waals surface area (Å²) in [6.07, 6.45) is 1.80. The number of nitrogens with zero attached hydrogens (tertiary/aromatic N) is 1. The fraction of sp³-hybridized carbons (Fsp3) is 0. The van der Waals surface area contributed by atoms with Crippen molar-refractivity contribution < 1.29 is 0 Å². The SMILES string of the molecule is Nc1ncc(-c2ccccc2)cc1I. The highest BCUT2D eigenvalue weighted by Gasteiger charge is 2.00. The summed E-state index contributed by atoms with van der Waals surface area (Å²) in [6.45, 7) is 0. The van der Waals surface area contributed by atoms with Gasteiger partial charge in [0.2, 0.25) is 0 Å². The van der Waals surface area contributed by atoms with E-state index in [-0.39, 0.29) is 0 Å². The van der Waals surface area contributed by atoms with Gasteiger partial charge in [-0.15, -0.1) is 0 Å². The van der Waals surface area contributed by atoms with Gasteiger partial charge in [0.1, 0.15) is 5.82 Å². The van der Waals surface area contributed by atoms with Crippen LogP contribution < -0.4 is 5.73 Å². The Bertz CT molecular complexity index is 440. The highest BCUT2D eigenvalue weighted by Crippen LogP contribution is 2.22. The molecule has 70 valence electrons. The first-order valence-electron chi connectivity index (χ1n) is 4.24. The molecule has 0 fully saturated rings. The lowest BCUT2D eigenvalue weighted by molar-refractivity contribution is 1.32. The van der Waals surface area contributed by atoms with Crippen LogP contribution in [0.3, 0.4) is 0 Å². The molecule has 1 aromatic carbocycles. The van der Waals surface area contributed by atoms with Gasteiger partial charge in [0.05, 0.1) is 3.57 Å². The second kappa shape index (κ2) is 3.96. The van der Waals surface area contributed by atoms with E-state index in [9.17, 15) is 0 Å². The Morgan fingerprint density at radius 2 is 1.79 bits per heavy atom. The Labute approximate surface area is 96.3 Å². The van der Waals surface area contributed by atoms with E-state index in [0.717, 1.165) is 14.7 Å². The van der Waals surface area contributed by atoms with E-state index in [1.54, 1.807) is 6.20 Å². The monoisotopic (exact) mass is 296 g/mol. The van der Waals surface area contributed by atoms with Crippen LogP contribution in [0, 0.1) is 3.57 Å². The van der Waals surface area contributed by atoms with Gasteiger partial charge in [0, 0.05) is 11.8 Å². The fourth-order valence-corrected chi connectivity index (χ4v) is 1.71. The highest BCUT2D eigenvalue weighted by atomic mass is 127. The Morgan fingerprint density at radius 1 is 1.07 bits per heavy atom. The number of halogens is 1. The Hall–Kier alpha value is -1.10. The molecule has 0 aliphatic heterocycles. The number of anilines is 1. The van der Waals surface area contributed by atoms with Crippen LogP contribution in [0.2, 0.25) is 0 Å². The van der Waals surface area contributed by atoms with Crippen LogP contribution in [0.25, 0.3) is 11.1 Å². The van der Waals surface area contributed by atoms with Crippen LogP contribution in [0.15, 0.2) is 42.6 Å². The Morgan fingerprint density at radius 3 is 2.43 bits per heavy atom. The maximum Gasteiger partial charge on any atom is 0.136 e. The van der Waals surface area contributed by atoms with Crippen LogP contribution in [0.1, 0.15) is 0 Å². The maximum atomic E-state index is 5.65. The molecular weight excluding hydrogens is 287 g/mol. The zero-order chi connectivity index (χ0) is 9.97. The Balaban J connectivity index is 2.48. The van der Waals surface area contributed by atoms with Crippen molar-refractivity contribution in [2.45, 2.75) is 0 Å². The van der Waals surface area contributed by atoms with Crippen molar-refractivity contribution in [1.29, 1.82) is 0 Å². The second-order valence-electron chi connectivity index (χ2n) is 2.96. The van der Waals surface area contributed by atoms with E-state index in [1.807, 2.05) is 24.3 Å². The van der Waals surface area contributed by atoms with Crippen molar-refractivity contribution in [3.8, 4) is 11.1 Å². The van der Waals surface area contributed by atoms with Crippen molar-refractivity contribution >= 4 is 28.4 Å². The molecule has 14 heavy (non-hydrogen) atoms. The minimum Gasteiger partial charge on any atom is -0.383 e. The van der Waals surface area contributed by atoms with Crippen LogP contribution >= 0.6 is 22.6 Å². The van der Waals surface area contributed by atoms with E-state index < -0.39 is 0 Å². The molecule has 0 atom stereocenters. The summed E-state index contributed by atoms with van der Waals surface area (Å²) in [7, 11) is 0. The minimum absolute atomic E-state index is 0.588. The van der Waals surface area contributed by atoms with Crippen molar-refractivity contribution in [3.63, 3.8) is 0 Å². The molecule has 0 amide bonds. The average Bonchev–Trinajstić information content (AvgIpc) is 2.23. The van der Waals surface area contributed by atoms with Crippen LogP contribution in [-0.2, 0) is 0 Å². The topological polar surface area (TPSA) is 38.9 Å². The number of hydrogen-bond acceptors (Lipinski definition) is 2. The van der Waals surface area contributed by atoms with E-state index in [4.69, 9.17) is 5.73 Å². The lowest BCUT2D eigenvalue weighted by Crippen LogP contribution is -1.93. The number of aromatic nitrogens is 1. The molecule has 1 aromatic heterocycles. The number of rotatable bonds is 1. The molecule has 0 unspecified atom stereocenters. The molecule has 0 aliphatic rings. The van der Waals surface area contributed by atoms with Gasteiger partial charge in [0.15, 0.2) is 0 Å². The first kappa shape index (κ1) is 9.45. The minimum atomic E-state index is 0.588. The smallest absolute Gasteiger partial charge is 0.136 e. The zero-order valence-electron chi connectivity index (χ0n) is 7.44. The van der Waals surface area contributed by atoms with Crippen LogP contribution in [-0.4, -0.2) is 4.98 Å².